The molecule has 1 aliphatic heterocycles. The van der Waals surface area contributed by atoms with Gasteiger partial charge in [-0.05, 0) is 48.3 Å². The summed E-state index contributed by atoms with van der Waals surface area (Å²) in [5, 5.41) is 5.07. The summed E-state index contributed by atoms with van der Waals surface area (Å²) in [5.41, 5.74) is 3.84. The summed E-state index contributed by atoms with van der Waals surface area (Å²) in [6, 6.07) is 18.2. The number of aromatic amines is 1. The summed E-state index contributed by atoms with van der Waals surface area (Å²) in [7, 11) is 0. The van der Waals surface area contributed by atoms with E-state index in [-0.39, 0.29) is 5.56 Å². The molecule has 1 aromatic heterocycles. The Bertz CT molecular complexity index is 1110. The fourth-order valence-electron chi connectivity index (χ4n) is 3.92. The first kappa shape index (κ1) is 22.5. The van der Waals surface area contributed by atoms with Crippen LogP contribution in [0.2, 0.25) is 0 Å². The molecule has 3 aromatic rings. The molecule has 1 aliphatic rings. The Morgan fingerprint density at radius 3 is 2.72 bits per heavy atom. The monoisotopic (exact) mass is 450 g/mol. The number of hydrogen-bond acceptors (Lipinski definition) is 4. The molecule has 0 amide bonds. The Morgan fingerprint density at radius 1 is 1.16 bits per heavy atom. The molecule has 0 saturated carbocycles. The van der Waals surface area contributed by atoms with Crippen molar-refractivity contribution in [3.8, 4) is 0 Å². The lowest BCUT2D eigenvalue weighted by Gasteiger charge is -2.31. The molecule has 1 saturated heterocycles. The summed E-state index contributed by atoms with van der Waals surface area (Å²) in [6.07, 6.45) is 0. The number of aryl methyl sites for hydroxylation is 1. The van der Waals surface area contributed by atoms with Gasteiger partial charge in [0, 0.05) is 43.8 Å². The first-order valence-corrected chi connectivity index (χ1v) is 11.5. The topological polar surface area (TPSA) is 60.6 Å². The third-order valence-corrected chi connectivity index (χ3v) is 6.20. The highest BCUT2D eigenvalue weighted by molar-refractivity contribution is 7.80. The Kier molecular flexibility index (Phi) is 7.52. The predicted molar refractivity (Wildman–Crippen MR) is 133 cm³/mol. The molecular formula is C25H30N4O2S. The number of rotatable bonds is 7. The first-order chi connectivity index (χ1) is 15.6. The zero-order valence-electron chi connectivity index (χ0n) is 18.5. The normalized spacial score (nSPS) is 14.4. The van der Waals surface area contributed by atoms with Crippen LogP contribution >= 0.6 is 12.2 Å². The second-order valence-corrected chi connectivity index (χ2v) is 8.62. The number of nitrogens with one attached hydrogen (secondary N) is 2. The number of fused-ring (bicyclic) bond motifs is 1. The van der Waals surface area contributed by atoms with Crippen LogP contribution in [0.25, 0.3) is 10.9 Å². The van der Waals surface area contributed by atoms with Crippen molar-refractivity contribution >= 4 is 28.2 Å². The number of H-pyrrole nitrogens is 1. The number of pyridine rings is 1. The number of thiocarbonyl (C=S) groups is 1. The molecule has 32 heavy (non-hydrogen) atoms. The molecule has 7 heteroatoms. The maximum absolute atomic E-state index is 12.8. The minimum Gasteiger partial charge on any atom is -0.379 e. The van der Waals surface area contributed by atoms with Crippen LogP contribution in [0, 0.1) is 6.92 Å². The minimum absolute atomic E-state index is 0.0661. The SMILES string of the molecule is Cc1ccc2[nH]c(=O)c(CN(CCN3CCOCC3)C(=S)NCc3ccccc3)cc2c1. The zero-order chi connectivity index (χ0) is 22.3. The number of benzene rings is 2. The summed E-state index contributed by atoms with van der Waals surface area (Å²) < 4.78 is 5.46. The van der Waals surface area contributed by atoms with E-state index in [1.165, 1.54) is 11.1 Å². The van der Waals surface area contributed by atoms with Crippen molar-refractivity contribution in [2.75, 3.05) is 39.4 Å². The zero-order valence-corrected chi connectivity index (χ0v) is 19.3. The van der Waals surface area contributed by atoms with Gasteiger partial charge in [0.2, 0.25) is 0 Å². The largest absolute Gasteiger partial charge is 0.379 e. The van der Waals surface area contributed by atoms with Crippen molar-refractivity contribution in [1.29, 1.82) is 0 Å². The van der Waals surface area contributed by atoms with Gasteiger partial charge in [0.25, 0.3) is 5.56 Å². The van der Waals surface area contributed by atoms with Gasteiger partial charge in [0.1, 0.15) is 0 Å². The minimum atomic E-state index is -0.0661. The molecular weight excluding hydrogens is 420 g/mol. The summed E-state index contributed by atoms with van der Waals surface area (Å²) in [5.74, 6) is 0. The van der Waals surface area contributed by atoms with E-state index in [1.54, 1.807) is 0 Å². The second kappa shape index (κ2) is 10.7. The highest BCUT2D eigenvalue weighted by atomic mass is 32.1. The molecule has 0 bridgehead atoms. The van der Waals surface area contributed by atoms with Gasteiger partial charge in [-0.1, -0.05) is 42.0 Å². The Balaban J connectivity index is 1.50. The van der Waals surface area contributed by atoms with E-state index >= 15 is 0 Å². The van der Waals surface area contributed by atoms with Crippen molar-refractivity contribution in [3.63, 3.8) is 0 Å². The number of aromatic nitrogens is 1. The van der Waals surface area contributed by atoms with Crippen LogP contribution in [0.3, 0.4) is 0 Å². The summed E-state index contributed by atoms with van der Waals surface area (Å²) in [4.78, 5) is 20.3. The molecule has 2 N–H and O–H groups in total. The molecule has 0 atom stereocenters. The van der Waals surface area contributed by atoms with Crippen LogP contribution in [-0.4, -0.2) is 59.3 Å². The van der Waals surface area contributed by atoms with E-state index in [1.807, 2.05) is 36.4 Å². The van der Waals surface area contributed by atoms with Crippen molar-refractivity contribution in [1.82, 2.24) is 20.1 Å². The van der Waals surface area contributed by atoms with E-state index in [4.69, 9.17) is 17.0 Å². The third-order valence-electron chi connectivity index (χ3n) is 5.80. The van der Waals surface area contributed by atoms with Gasteiger partial charge in [-0.25, -0.2) is 0 Å². The average molecular weight is 451 g/mol. The fraction of sp³-hybridized carbons (Fsp3) is 0.360. The standard InChI is InChI=1S/C25H30N4O2S/c1-19-7-8-23-21(15-19)16-22(24(30)27-23)18-29(10-9-28-11-13-31-14-12-28)25(32)26-17-20-5-3-2-4-6-20/h2-8,15-16H,9-14,17-18H2,1H3,(H,26,32)(H,27,30). The van der Waals surface area contributed by atoms with E-state index in [2.05, 4.69) is 45.2 Å². The van der Waals surface area contributed by atoms with Crippen molar-refractivity contribution in [2.45, 2.75) is 20.0 Å². The van der Waals surface area contributed by atoms with Gasteiger partial charge in [-0.3, -0.25) is 9.69 Å². The predicted octanol–water partition coefficient (Wildman–Crippen LogP) is 3.05. The molecule has 4 rings (SSSR count). The molecule has 1 fully saturated rings. The Morgan fingerprint density at radius 2 is 1.94 bits per heavy atom. The molecule has 0 radical (unpaired) electrons. The number of ether oxygens (including phenoxy) is 1. The van der Waals surface area contributed by atoms with Crippen LogP contribution in [0.5, 0.6) is 0 Å². The lowest BCUT2D eigenvalue weighted by atomic mass is 10.1. The molecule has 2 aromatic carbocycles. The second-order valence-electron chi connectivity index (χ2n) is 8.23. The van der Waals surface area contributed by atoms with E-state index < -0.39 is 0 Å². The van der Waals surface area contributed by atoms with Crippen molar-refractivity contribution in [3.05, 3.63) is 81.6 Å². The smallest absolute Gasteiger partial charge is 0.253 e. The van der Waals surface area contributed by atoms with Crippen LogP contribution in [0.4, 0.5) is 0 Å². The average Bonchev–Trinajstić information content (AvgIpc) is 2.82. The van der Waals surface area contributed by atoms with Crippen LogP contribution in [0.1, 0.15) is 16.7 Å². The molecule has 6 nitrogen and oxygen atoms in total. The first-order valence-electron chi connectivity index (χ1n) is 11.1. The van der Waals surface area contributed by atoms with E-state index in [9.17, 15) is 4.79 Å². The number of morpholine rings is 1. The van der Waals surface area contributed by atoms with Gasteiger partial charge in [-0.15, -0.1) is 0 Å². The van der Waals surface area contributed by atoms with Gasteiger partial charge in [0.15, 0.2) is 5.11 Å². The Labute approximate surface area is 194 Å². The third kappa shape index (κ3) is 5.94. The lowest BCUT2D eigenvalue weighted by molar-refractivity contribution is 0.0357. The maximum Gasteiger partial charge on any atom is 0.253 e. The molecule has 168 valence electrons. The quantitative estimate of drug-likeness (QED) is 0.540. The fourth-order valence-corrected chi connectivity index (χ4v) is 4.15. The number of hydrogen-bond donors (Lipinski definition) is 2. The van der Waals surface area contributed by atoms with Gasteiger partial charge in [0.05, 0.1) is 19.8 Å². The van der Waals surface area contributed by atoms with Crippen molar-refractivity contribution < 1.29 is 4.74 Å². The van der Waals surface area contributed by atoms with Crippen LogP contribution in [-0.2, 0) is 17.8 Å². The highest BCUT2D eigenvalue weighted by Crippen LogP contribution is 2.14. The molecule has 2 heterocycles. The molecule has 0 unspecified atom stereocenters. The summed E-state index contributed by atoms with van der Waals surface area (Å²) in [6.45, 7) is 8.17. The highest BCUT2D eigenvalue weighted by Gasteiger charge is 2.16. The van der Waals surface area contributed by atoms with Crippen LogP contribution < -0.4 is 10.9 Å². The maximum atomic E-state index is 12.8. The molecule has 0 aliphatic carbocycles. The van der Waals surface area contributed by atoms with Gasteiger partial charge >= 0.3 is 0 Å². The van der Waals surface area contributed by atoms with E-state index in [0.29, 0.717) is 23.8 Å². The number of nitrogens with zero attached hydrogens (tertiary/aromatic N) is 2. The van der Waals surface area contributed by atoms with E-state index in [0.717, 1.165) is 50.3 Å². The van der Waals surface area contributed by atoms with Gasteiger partial charge < -0.3 is 19.9 Å². The summed E-state index contributed by atoms with van der Waals surface area (Å²) >= 11 is 5.76. The Hall–Kier alpha value is -2.74. The van der Waals surface area contributed by atoms with Gasteiger partial charge in [-0.2, -0.15) is 0 Å². The molecule has 0 spiro atoms. The van der Waals surface area contributed by atoms with Crippen LogP contribution in [0.15, 0.2) is 59.4 Å². The van der Waals surface area contributed by atoms with Crippen molar-refractivity contribution in [2.24, 2.45) is 0 Å². The lowest BCUT2D eigenvalue weighted by Crippen LogP contribution is -2.46.